The molecule has 110 valence electrons. The summed E-state index contributed by atoms with van der Waals surface area (Å²) in [5.41, 5.74) is -0.666. The van der Waals surface area contributed by atoms with Gasteiger partial charge < -0.3 is 10.6 Å². The zero-order chi connectivity index (χ0) is 15.3. The molecule has 0 spiro atoms. The molecule has 1 aromatic rings. The van der Waals surface area contributed by atoms with E-state index in [0.29, 0.717) is 0 Å². The summed E-state index contributed by atoms with van der Waals surface area (Å²) in [6, 6.07) is -0.0150. The number of amides is 2. The van der Waals surface area contributed by atoms with Crippen molar-refractivity contribution < 1.29 is 9.59 Å². The molecule has 9 heteroatoms. The second-order valence-electron chi connectivity index (χ2n) is 4.27. The van der Waals surface area contributed by atoms with E-state index in [1.165, 1.54) is 6.20 Å². The minimum absolute atomic E-state index is 0.0150. The van der Waals surface area contributed by atoms with E-state index in [0.717, 1.165) is 4.68 Å². The lowest BCUT2D eigenvalue weighted by Gasteiger charge is -2.09. The summed E-state index contributed by atoms with van der Waals surface area (Å²) in [4.78, 5) is 34.5. The van der Waals surface area contributed by atoms with Gasteiger partial charge in [0.15, 0.2) is 0 Å². The van der Waals surface area contributed by atoms with Gasteiger partial charge in [0.25, 0.3) is 5.56 Å². The molecule has 0 aliphatic carbocycles. The van der Waals surface area contributed by atoms with Gasteiger partial charge in [-0.2, -0.15) is 5.10 Å². The highest BCUT2D eigenvalue weighted by Gasteiger charge is 2.11. The molecule has 7 nitrogen and oxygen atoms in total. The first kappa shape index (κ1) is 16.5. The van der Waals surface area contributed by atoms with Crippen LogP contribution in [0.3, 0.4) is 0 Å². The van der Waals surface area contributed by atoms with Gasteiger partial charge >= 0.3 is 0 Å². The van der Waals surface area contributed by atoms with Crippen LogP contribution in [0.15, 0.2) is 11.0 Å². The number of rotatable bonds is 5. The number of hydrogen-bond donors (Lipinski definition) is 2. The highest BCUT2D eigenvalue weighted by atomic mass is 35.5. The molecule has 0 atom stereocenters. The molecule has 0 radical (unpaired) electrons. The summed E-state index contributed by atoms with van der Waals surface area (Å²) in [6.45, 7) is 3.09. The van der Waals surface area contributed by atoms with Gasteiger partial charge in [0, 0.05) is 6.04 Å². The number of halogens is 2. The molecular formula is C11H14Cl2N4O3. The van der Waals surface area contributed by atoms with Crippen molar-refractivity contribution in [2.24, 2.45) is 0 Å². The second-order valence-corrected chi connectivity index (χ2v) is 5.05. The first-order valence-electron chi connectivity index (χ1n) is 5.78. The molecule has 0 saturated carbocycles. The van der Waals surface area contributed by atoms with E-state index in [4.69, 9.17) is 23.2 Å². The lowest BCUT2D eigenvalue weighted by atomic mass is 10.4. The maximum Gasteiger partial charge on any atom is 0.287 e. The average molecular weight is 321 g/mol. The van der Waals surface area contributed by atoms with Crippen LogP contribution in [0.5, 0.6) is 0 Å². The lowest BCUT2D eigenvalue weighted by molar-refractivity contribution is -0.126. The van der Waals surface area contributed by atoms with Gasteiger partial charge in [0.05, 0.1) is 17.8 Å². The Morgan fingerprint density at radius 2 is 2.00 bits per heavy atom. The number of carbonyl (C=O) groups is 2. The highest BCUT2D eigenvalue weighted by molar-refractivity contribution is 6.41. The zero-order valence-electron chi connectivity index (χ0n) is 10.9. The molecule has 2 amide bonds. The molecule has 20 heavy (non-hydrogen) atoms. The van der Waals surface area contributed by atoms with E-state index < -0.39 is 11.5 Å². The Balaban J connectivity index is 2.58. The van der Waals surface area contributed by atoms with Crippen LogP contribution in [0.1, 0.15) is 13.8 Å². The number of carbonyl (C=O) groups excluding carboxylic acids is 2. The van der Waals surface area contributed by atoms with Gasteiger partial charge in [-0.3, -0.25) is 14.4 Å². The smallest absolute Gasteiger partial charge is 0.287 e. The molecule has 0 bridgehead atoms. The van der Waals surface area contributed by atoms with Gasteiger partial charge in [-0.05, 0) is 13.8 Å². The van der Waals surface area contributed by atoms with Crippen molar-refractivity contribution in [3.05, 3.63) is 26.6 Å². The molecule has 0 fully saturated rings. The molecular weight excluding hydrogens is 307 g/mol. The average Bonchev–Trinajstić information content (AvgIpc) is 2.36. The van der Waals surface area contributed by atoms with E-state index in [1.807, 2.05) is 0 Å². The number of aromatic nitrogens is 2. The van der Waals surface area contributed by atoms with Crippen LogP contribution in [0.2, 0.25) is 10.0 Å². The van der Waals surface area contributed by atoms with Crippen LogP contribution >= 0.6 is 23.2 Å². The van der Waals surface area contributed by atoms with Crippen molar-refractivity contribution in [3.8, 4) is 0 Å². The van der Waals surface area contributed by atoms with Gasteiger partial charge in [-0.15, -0.1) is 0 Å². The van der Waals surface area contributed by atoms with Gasteiger partial charge in [0.2, 0.25) is 11.8 Å². The van der Waals surface area contributed by atoms with Crippen LogP contribution < -0.4 is 16.2 Å². The predicted octanol–water partition coefficient (Wildman–Crippen LogP) is 0.191. The molecule has 0 aliphatic heterocycles. The van der Waals surface area contributed by atoms with Gasteiger partial charge in [0.1, 0.15) is 11.6 Å². The lowest BCUT2D eigenvalue weighted by Crippen LogP contribution is -2.41. The van der Waals surface area contributed by atoms with Crippen molar-refractivity contribution in [2.75, 3.05) is 6.54 Å². The Morgan fingerprint density at radius 3 is 2.60 bits per heavy atom. The summed E-state index contributed by atoms with van der Waals surface area (Å²) in [7, 11) is 0. The van der Waals surface area contributed by atoms with Gasteiger partial charge in [-0.25, -0.2) is 4.68 Å². The summed E-state index contributed by atoms with van der Waals surface area (Å²) in [6.07, 6.45) is 1.17. The number of hydrogen-bond acceptors (Lipinski definition) is 4. The van der Waals surface area contributed by atoms with Crippen molar-refractivity contribution in [1.82, 2.24) is 20.4 Å². The maximum absolute atomic E-state index is 11.6. The van der Waals surface area contributed by atoms with Crippen LogP contribution in [0.25, 0.3) is 0 Å². The first-order chi connectivity index (χ1) is 9.31. The molecule has 1 heterocycles. The largest absolute Gasteiger partial charge is 0.352 e. The Morgan fingerprint density at radius 1 is 1.35 bits per heavy atom. The summed E-state index contributed by atoms with van der Waals surface area (Å²) < 4.78 is 0.865. The fraction of sp³-hybridized carbons (Fsp3) is 0.455. The minimum Gasteiger partial charge on any atom is -0.352 e. The van der Waals surface area contributed by atoms with Gasteiger partial charge in [-0.1, -0.05) is 23.2 Å². The minimum atomic E-state index is -0.666. The molecule has 2 N–H and O–H groups in total. The van der Waals surface area contributed by atoms with Crippen LogP contribution in [-0.2, 0) is 16.1 Å². The predicted molar refractivity (Wildman–Crippen MR) is 74.8 cm³/mol. The van der Waals surface area contributed by atoms with E-state index in [1.54, 1.807) is 13.8 Å². The normalized spacial score (nSPS) is 10.4. The molecule has 0 aliphatic rings. The zero-order valence-corrected chi connectivity index (χ0v) is 12.5. The fourth-order valence-corrected chi connectivity index (χ4v) is 1.57. The van der Waals surface area contributed by atoms with Crippen molar-refractivity contribution in [2.45, 2.75) is 26.4 Å². The third kappa shape index (κ3) is 4.82. The third-order valence-corrected chi connectivity index (χ3v) is 2.88. The number of nitrogens with zero attached hydrogens (tertiary/aromatic N) is 2. The molecule has 1 aromatic heterocycles. The van der Waals surface area contributed by atoms with E-state index >= 15 is 0 Å². The molecule has 1 rings (SSSR count). The van der Waals surface area contributed by atoms with Crippen LogP contribution in [0, 0.1) is 0 Å². The standard InChI is InChI=1S/C11H14Cl2N4O3/c1-6(2)16-8(18)4-14-9(19)5-17-11(20)10(13)7(12)3-15-17/h3,6H,4-5H2,1-2H3,(H,14,19)(H,16,18). The Hall–Kier alpha value is -1.60. The van der Waals surface area contributed by atoms with Crippen molar-refractivity contribution in [1.29, 1.82) is 0 Å². The first-order valence-corrected chi connectivity index (χ1v) is 6.54. The Labute approximate surface area is 125 Å². The summed E-state index contributed by atoms with van der Waals surface area (Å²) in [5, 5.41) is 8.48. The van der Waals surface area contributed by atoms with E-state index in [9.17, 15) is 14.4 Å². The Kier molecular flexibility index (Phi) is 5.97. The third-order valence-electron chi connectivity index (χ3n) is 2.13. The quantitative estimate of drug-likeness (QED) is 0.810. The molecule has 0 aromatic carbocycles. The highest BCUT2D eigenvalue weighted by Crippen LogP contribution is 2.14. The van der Waals surface area contributed by atoms with Crippen molar-refractivity contribution >= 4 is 35.0 Å². The fourth-order valence-electron chi connectivity index (χ4n) is 1.30. The maximum atomic E-state index is 11.6. The van der Waals surface area contributed by atoms with Crippen molar-refractivity contribution in [3.63, 3.8) is 0 Å². The summed E-state index contributed by atoms with van der Waals surface area (Å²) >= 11 is 11.3. The van der Waals surface area contributed by atoms with Crippen LogP contribution in [-0.4, -0.2) is 34.2 Å². The summed E-state index contributed by atoms with van der Waals surface area (Å²) in [5.74, 6) is -0.848. The monoisotopic (exact) mass is 320 g/mol. The van der Waals surface area contributed by atoms with E-state index in [-0.39, 0.29) is 35.1 Å². The molecule has 0 saturated heterocycles. The SMILES string of the molecule is CC(C)NC(=O)CNC(=O)Cn1ncc(Cl)c(Cl)c1=O. The second kappa shape index (κ2) is 7.25. The Bertz CT molecular complexity index is 571. The van der Waals surface area contributed by atoms with Crippen LogP contribution in [0.4, 0.5) is 0 Å². The number of nitrogens with one attached hydrogen (secondary N) is 2. The van der Waals surface area contributed by atoms with E-state index in [2.05, 4.69) is 15.7 Å². The molecule has 0 unspecified atom stereocenters. The topological polar surface area (TPSA) is 93.1 Å².